The van der Waals surface area contributed by atoms with Crippen LogP contribution in [-0.4, -0.2) is 30.7 Å². The van der Waals surface area contributed by atoms with Crippen LogP contribution in [-0.2, 0) is 10.5 Å². The molecule has 0 saturated carbocycles. The van der Waals surface area contributed by atoms with E-state index in [0.29, 0.717) is 13.2 Å². The average Bonchev–Trinajstić information content (AvgIpc) is 2.24. The van der Waals surface area contributed by atoms with Crippen molar-refractivity contribution in [2.75, 3.05) is 25.6 Å². The molecule has 0 spiro atoms. The summed E-state index contributed by atoms with van der Waals surface area (Å²) in [7, 11) is 0. The van der Waals surface area contributed by atoms with Gasteiger partial charge in [-0.2, -0.15) is 11.8 Å². The second kappa shape index (κ2) is 5.01. The molecule has 0 amide bonds. The smallest absolute Gasteiger partial charge is 0.0575 e. The first-order chi connectivity index (χ1) is 7.35. The molecule has 0 aromatic heterocycles. The van der Waals surface area contributed by atoms with Crippen molar-refractivity contribution in [3.05, 3.63) is 35.9 Å². The van der Waals surface area contributed by atoms with E-state index in [1.54, 1.807) is 0 Å². The van der Waals surface area contributed by atoms with Gasteiger partial charge in [0.15, 0.2) is 0 Å². The van der Waals surface area contributed by atoms with E-state index in [1.165, 1.54) is 5.56 Å². The Morgan fingerprint density at radius 1 is 1.27 bits per heavy atom. The molecular formula is C12H16O2S. The van der Waals surface area contributed by atoms with Crippen LogP contribution < -0.4 is 0 Å². The molecule has 15 heavy (non-hydrogen) atoms. The van der Waals surface area contributed by atoms with Crippen molar-refractivity contribution in [2.45, 2.75) is 5.75 Å². The van der Waals surface area contributed by atoms with Gasteiger partial charge < -0.3 is 9.84 Å². The first-order valence-electron chi connectivity index (χ1n) is 5.15. The number of benzene rings is 1. The van der Waals surface area contributed by atoms with Gasteiger partial charge in [-0.05, 0) is 5.56 Å². The van der Waals surface area contributed by atoms with Crippen LogP contribution in [0.3, 0.4) is 0 Å². The average molecular weight is 224 g/mol. The van der Waals surface area contributed by atoms with Crippen LogP contribution in [0, 0.1) is 5.41 Å². The largest absolute Gasteiger partial charge is 0.396 e. The van der Waals surface area contributed by atoms with Gasteiger partial charge >= 0.3 is 0 Å². The molecule has 1 heterocycles. The highest BCUT2D eigenvalue weighted by atomic mass is 32.2. The van der Waals surface area contributed by atoms with Gasteiger partial charge in [-0.1, -0.05) is 30.3 Å². The van der Waals surface area contributed by atoms with E-state index in [1.807, 2.05) is 17.8 Å². The predicted octanol–water partition coefficient (Wildman–Crippen LogP) is 1.93. The maximum atomic E-state index is 9.24. The van der Waals surface area contributed by atoms with Gasteiger partial charge in [0.05, 0.1) is 19.8 Å². The first kappa shape index (κ1) is 11.0. The van der Waals surface area contributed by atoms with Crippen molar-refractivity contribution < 1.29 is 9.84 Å². The second-order valence-electron chi connectivity index (χ2n) is 4.13. The van der Waals surface area contributed by atoms with E-state index in [9.17, 15) is 5.11 Å². The zero-order valence-corrected chi connectivity index (χ0v) is 9.50. The Morgan fingerprint density at radius 3 is 2.53 bits per heavy atom. The van der Waals surface area contributed by atoms with Crippen molar-refractivity contribution >= 4 is 11.8 Å². The van der Waals surface area contributed by atoms with Gasteiger partial charge in [0.2, 0.25) is 0 Å². The third-order valence-electron chi connectivity index (χ3n) is 2.67. The van der Waals surface area contributed by atoms with Gasteiger partial charge in [0.1, 0.15) is 0 Å². The summed E-state index contributed by atoms with van der Waals surface area (Å²) < 4.78 is 5.16. The zero-order valence-electron chi connectivity index (χ0n) is 8.69. The number of ether oxygens (including phenoxy) is 1. The van der Waals surface area contributed by atoms with Crippen LogP contribution in [0.1, 0.15) is 5.56 Å². The molecule has 0 atom stereocenters. The van der Waals surface area contributed by atoms with E-state index in [0.717, 1.165) is 11.5 Å². The number of thioether (sulfide) groups is 1. The van der Waals surface area contributed by atoms with Crippen LogP contribution >= 0.6 is 11.8 Å². The highest BCUT2D eigenvalue weighted by molar-refractivity contribution is 7.98. The van der Waals surface area contributed by atoms with Gasteiger partial charge in [0.25, 0.3) is 0 Å². The van der Waals surface area contributed by atoms with Crippen molar-refractivity contribution in [3.63, 3.8) is 0 Å². The van der Waals surface area contributed by atoms with Gasteiger partial charge in [0, 0.05) is 16.9 Å². The molecule has 1 N–H and O–H groups in total. The molecule has 1 aliphatic heterocycles. The fraction of sp³-hybridized carbons (Fsp3) is 0.500. The number of rotatable bonds is 5. The minimum absolute atomic E-state index is 0.0411. The van der Waals surface area contributed by atoms with E-state index in [-0.39, 0.29) is 12.0 Å². The number of hydrogen-bond acceptors (Lipinski definition) is 3. The summed E-state index contributed by atoms with van der Waals surface area (Å²) in [6, 6.07) is 10.4. The number of aliphatic hydroxyl groups excluding tert-OH is 1. The topological polar surface area (TPSA) is 29.5 Å². The van der Waals surface area contributed by atoms with Crippen molar-refractivity contribution in [3.8, 4) is 0 Å². The molecule has 82 valence electrons. The standard InChI is InChI=1S/C12H16O2S/c13-7-12(8-14-9-12)10-15-6-11-4-2-1-3-5-11/h1-5,13H,6-10H2. The van der Waals surface area contributed by atoms with Crippen LogP contribution in [0.15, 0.2) is 30.3 Å². The Kier molecular flexibility index (Phi) is 3.67. The molecule has 0 unspecified atom stereocenters. The monoisotopic (exact) mass is 224 g/mol. The number of aliphatic hydroxyl groups is 1. The Morgan fingerprint density at radius 2 is 2.00 bits per heavy atom. The Balaban J connectivity index is 1.75. The summed E-state index contributed by atoms with van der Waals surface area (Å²) in [5.74, 6) is 2.00. The summed E-state index contributed by atoms with van der Waals surface area (Å²) in [4.78, 5) is 0. The summed E-state index contributed by atoms with van der Waals surface area (Å²) in [6.45, 7) is 1.67. The lowest BCUT2D eigenvalue weighted by Crippen LogP contribution is -2.47. The molecule has 3 heteroatoms. The van der Waals surface area contributed by atoms with Crippen LogP contribution in [0.4, 0.5) is 0 Å². The van der Waals surface area contributed by atoms with Crippen LogP contribution in [0.5, 0.6) is 0 Å². The third-order valence-corrected chi connectivity index (χ3v) is 4.03. The van der Waals surface area contributed by atoms with E-state index < -0.39 is 0 Å². The molecule has 1 aromatic rings. The van der Waals surface area contributed by atoms with Gasteiger partial charge in [-0.15, -0.1) is 0 Å². The lowest BCUT2D eigenvalue weighted by molar-refractivity contribution is -0.121. The van der Waals surface area contributed by atoms with Crippen LogP contribution in [0.25, 0.3) is 0 Å². The first-order valence-corrected chi connectivity index (χ1v) is 6.30. The highest BCUT2D eigenvalue weighted by Crippen LogP contribution is 2.31. The van der Waals surface area contributed by atoms with E-state index >= 15 is 0 Å². The Labute approximate surface area is 94.6 Å². The van der Waals surface area contributed by atoms with E-state index in [2.05, 4.69) is 24.3 Å². The van der Waals surface area contributed by atoms with Gasteiger partial charge in [-0.25, -0.2) is 0 Å². The predicted molar refractivity (Wildman–Crippen MR) is 62.9 cm³/mol. The quantitative estimate of drug-likeness (QED) is 0.828. The molecule has 0 radical (unpaired) electrons. The molecule has 1 fully saturated rings. The lowest BCUT2D eigenvalue weighted by atomic mass is 9.90. The van der Waals surface area contributed by atoms with Crippen molar-refractivity contribution in [1.82, 2.24) is 0 Å². The Bertz CT molecular complexity index is 290. The molecule has 1 saturated heterocycles. The summed E-state index contributed by atoms with van der Waals surface area (Å²) in [6.07, 6.45) is 0. The van der Waals surface area contributed by atoms with Crippen molar-refractivity contribution in [2.24, 2.45) is 5.41 Å². The summed E-state index contributed by atoms with van der Waals surface area (Å²) >= 11 is 1.87. The minimum Gasteiger partial charge on any atom is -0.396 e. The maximum absolute atomic E-state index is 9.24. The van der Waals surface area contributed by atoms with Gasteiger partial charge in [-0.3, -0.25) is 0 Å². The van der Waals surface area contributed by atoms with Crippen LogP contribution in [0.2, 0.25) is 0 Å². The molecular weight excluding hydrogens is 208 g/mol. The molecule has 2 rings (SSSR count). The molecule has 1 aromatic carbocycles. The fourth-order valence-corrected chi connectivity index (χ4v) is 2.79. The fourth-order valence-electron chi connectivity index (χ4n) is 1.57. The maximum Gasteiger partial charge on any atom is 0.0575 e. The third kappa shape index (κ3) is 2.74. The molecule has 2 nitrogen and oxygen atoms in total. The SMILES string of the molecule is OCC1(CSCc2ccccc2)COC1. The Hall–Kier alpha value is -0.510. The molecule has 0 bridgehead atoms. The second-order valence-corrected chi connectivity index (χ2v) is 5.11. The zero-order chi connectivity index (χ0) is 10.6. The van der Waals surface area contributed by atoms with E-state index in [4.69, 9.17) is 4.74 Å². The highest BCUT2D eigenvalue weighted by Gasteiger charge is 2.37. The summed E-state index contributed by atoms with van der Waals surface area (Å²) in [5, 5.41) is 9.24. The normalized spacial score (nSPS) is 18.5. The van der Waals surface area contributed by atoms with Crippen molar-refractivity contribution in [1.29, 1.82) is 0 Å². The minimum atomic E-state index is 0.0411. The summed E-state index contributed by atoms with van der Waals surface area (Å²) in [5.41, 5.74) is 1.38. The lowest BCUT2D eigenvalue weighted by Gasteiger charge is -2.39. The molecule has 0 aliphatic carbocycles. The molecule has 1 aliphatic rings. The number of hydrogen-bond donors (Lipinski definition) is 1.